The molecule has 6 nitrogen and oxygen atoms in total. The molecule has 1 aromatic heterocycles. The quantitative estimate of drug-likeness (QED) is 0.697. The maximum atomic E-state index is 12.5. The molecule has 0 bridgehead atoms. The predicted molar refractivity (Wildman–Crippen MR) is 98.3 cm³/mol. The average Bonchev–Trinajstić information content (AvgIpc) is 3.15. The van der Waals surface area contributed by atoms with E-state index in [1.807, 2.05) is 19.1 Å². The highest BCUT2D eigenvalue weighted by Crippen LogP contribution is 2.19. The van der Waals surface area contributed by atoms with Crippen molar-refractivity contribution in [3.63, 3.8) is 0 Å². The highest BCUT2D eigenvalue weighted by Gasteiger charge is 2.16. The number of sulfonamides is 1. The number of nitrogens with one attached hydrogen (secondary N) is 2. The van der Waals surface area contributed by atoms with Gasteiger partial charge in [0.2, 0.25) is 0 Å². The molecule has 2 N–H and O–H groups in total. The Morgan fingerprint density at radius 3 is 2.38 bits per heavy atom. The molecule has 3 rings (SSSR count). The van der Waals surface area contributed by atoms with Crippen LogP contribution in [0.5, 0.6) is 0 Å². The van der Waals surface area contributed by atoms with E-state index in [1.165, 1.54) is 30.5 Å². The molecule has 134 valence electrons. The van der Waals surface area contributed by atoms with Crippen molar-refractivity contribution in [2.45, 2.75) is 18.4 Å². The maximum Gasteiger partial charge on any atom is 0.261 e. The lowest BCUT2D eigenvalue weighted by Gasteiger charge is -2.11. The maximum absolute atomic E-state index is 12.5. The van der Waals surface area contributed by atoms with Crippen LogP contribution in [0, 0.1) is 6.92 Å². The standard InChI is InChI=1S/C19H18N2O4S/c1-14-5-2-3-7-18(14)21-26(23,24)17-10-8-15(9-11-17)19(22)20-13-16-6-4-12-25-16/h2-12,21H,13H2,1H3,(H,20,22). The minimum atomic E-state index is -3.72. The Kier molecular flexibility index (Phi) is 5.09. The number of benzene rings is 2. The molecule has 0 saturated heterocycles. The number of anilines is 1. The molecule has 0 saturated carbocycles. The van der Waals surface area contributed by atoms with Gasteiger partial charge in [0.15, 0.2) is 0 Å². The summed E-state index contributed by atoms with van der Waals surface area (Å²) >= 11 is 0. The second-order valence-corrected chi connectivity index (χ2v) is 7.39. The fourth-order valence-corrected chi connectivity index (χ4v) is 3.49. The smallest absolute Gasteiger partial charge is 0.261 e. The van der Waals surface area contributed by atoms with Gasteiger partial charge in [0.1, 0.15) is 5.76 Å². The van der Waals surface area contributed by atoms with E-state index in [4.69, 9.17) is 4.42 Å². The molecule has 1 heterocycles. The van der Waals surface area contributed by atoms with Crippen LogP contribution in [0.25, 0.3) is 0 Å². The highest BCUT2D eigenvalue weighted by molar-refractivity contribution is 7.92. The first-order valence-corrected chi connectivity index (χ1v) is 9.43. The molecule has 1 amide bonds. The van der Waals surface area contributed by atoms with E-state index in [9.17, 15) is 13.2 Å². The van der Waals surface area contributed by atoms with Crippen LogP contribution in [0.1, 0.15) is 21.7 Å². The van der Waals surface area contributed by atoms with Crippen molar-refractivity contribution in [3.8, 4) is 0 Å². The van der Waals surface area contributed by atoms with Crippen LogP contribution >= 0.6 is 0 Å². The van der Waals surface area contributed by atoms with E-state index in [0.29, 0.717) is 17.0 Å². The lowest BCUT2D eigenvalue weighted by atomic mass is 10.2. The number of furan rings is 1. The molecular weight excluding hydrogens is 352 g/mol. The Balaban J connectivity index is 1.70. The van der Waals surface area contributed by atoms with Gasteiger partial charge in [-0.05, 0) is 55.0 Å². The Labute approximate surface area is 151 Å². The molecular formula is C19H18N2O4S. The fourth-order valence-electron chi connectivity index (χ4n) is 2.36. The van der Waals surface area contributed by atoms with E-state index >= 15 is 0 Å². The Hall–Kier alpha value is -3.06. The molecule has 26 heavy (non-hydrogen) atoms. The van der Waals surface area contributed by atoms with Crippen LogP contribution in [-0.4, -0.2) is 14.3 Å². The van der Waals surface area contributed by atoms with Gasteiger partial charge in [0, 0.05) is 5.56 Å². The summed E-state index contributed by atoms with van der Waals surface area (Å²) in [5, 5.41) is 2.71. The van der Waals surface area contributed by atoms with E-state index in [2.05, 4.69) is 10.0 Å². The summed E-state index contributed by atoms with van der Waals surface area (Å²) < 4.78 is 32.7. The normalized spacial score (nSPS) is 11.1. The minimum Gasteiger partial charge on any atom is -0.467 e. The van der Waals surface area contributed by atoms with Gasteiger partial charge in [-0.25, -0.2) is 8.42 Å². The molecule has 3 aromatic rings. The number of hydrogen-bond acceptors (Lipinski definition) is 4. The molecule has 0 radical (unpaired) electrons. The zero-order valence-electron chi connectivity index (χ0n) is 14.1. The molecule has 0 atom stereocenters. The third-order valence-corrected chi connectivity index (χ3v) is 5.20. The number of amides is 1. The summed E-state index contributed by atoms with van der Waals surface area (Å²) in [4.78, 5) is 12.2. The van der Waals surface area contributed by atoms with E-state index in [1.54, 1.807) is 24.3 Å². The van der Waals surface area contributed by atoms with Gasteiger partial charge in [-0.3, -0.25) is 9.52 Å². The van der Waals surface area contributed by atoms with Crippen LogP contribution in [-0.2, 0) is 16.6 Å². The first-order valence-electron chi connectivity index (χ1n) is 7.95. The van der Waals surface area contributed by atoms with Gasteiger partial charge in [-0.2, -0.15) is 0 Å². The SMILES string of the molecule is Cc1ccccc1NS(=O)(=O)c1ccc(C(=O)NCc2ccco2)cc1. The van der Waals surface area contributed by atoms with Crippen LogP contribution in [0.4, 0.5) is 5.69 Å². The Morgan fingerprint density at radius 2 is 1.73 bits per heavy atom. The molecule has 0 aliphatic carbocycles. The van der Waals surface area contributed by atoms with Gasteiger partial charge in [0.05, 0.1) is 23.4 Å². The summed E-state index contributed by atoms with van der Waals surface area (Å²) in [6.45, 7) is 2.09. The molecule has 7 heteroatoms. The van der Waals surface area contributed by atoms with E-state index < -0.39 is 10.0 Å². The van der Waals surface area contributed by atoms with Crippen LogP contribution in [0.3, 0.4) is 0 Å². The highest BCUT2D eigenvalue weighted by atomic mass is 32.2. The zero-order chi connectivity index (χ0) is 18.6. The van der Waals surface area contributed by atoms with E-state index in [0.717, 1.165) is 5.56 Å². The number of aryl methyl sites for hydroxylation is 1. The molecule has 0 aliphatic heterocycles. The van der Waals surface area contributed by atoms with Crippen LogP contribution < -0.4 is 10.0 Å². The third-order valence-electron chi connectivity index (χ3n) is 3.82. The predicted octanol–water partition coefficient (Wildman–Crippen LogP) is 3.32. The van der Waals surface area contributed by atoms with Gasteiger partial charge < -0.3 is 9.73 Å². The second-order valence-electron chi connectivity index (χ2n) is 5.71. The minimum absolute atomic E-state index is 0.0864. The van der Waals surface area contributed by atoms with Gasteiger partial charge in [0.25, 0.3) is 15.9 Å². The van der Waals surface area contributed by atoms with Crippen molar-refractivity contribution in [3.05, 3.63) is 83.8 Å². The molecule has 0 aliphatic rings. The third kappa shape index (κ3) is 4.12. The van der Waals surface area contributed by atoms with Gasteiger partial charge >= 0.3 is 0 Å². The lowest BCUT2D eigenvalue weighted by molar-refractivity contribution is 0.0948. The van der Waals surface area contributed by atoms with Crippen molar-refractivity contribution in [2.24, 2.45) is 0 Å². The second kappa shape index (κ2) is 7.45. The number of rotatable bonds is 6. The summed E-state index contributed by atoms with van der Waals surface area (Å²) in [6.07, 6.45) is 1.53. The summed E-state index contributed by atoms with van der Waals surface area (Å²) in [5.41, 5.74) is 1.71. The Morgan fingerprint density at radius 1 is 1.00 bits per heavy atom. The van der Waals surface area contributed by atoms with Crippen molar-refractivity contribution in [1.29, 1.82) is 0 Å². The van der Waals surface area contributed by atoms with Crippen LogP contribution in [0.15, 0.2) is 76.2 Å². The lowest BCUT2D eigenvalue weighted by Crippen LogP contribution is -2.22. The molecule has 2 aromatic carbocycles. The van der Waals surface area contributed by atoms with Crippen molar-refractivity contribution in [2.75, 3.05) is 4.72 Å². The number of hydrogen-bond donors (Lipinski definition) is 2. The van der Waals surface area contributed by atoms with Crippen LogP contribution in [0.2, 0.25) is 0 Å². The van der Waals surface area contributed by atoms with Crippen molar-refractivity contribution in [1.82, 2.24) is 5.32 Å². The largest absolute Gasteiger partial charge is 0.467 e. The molecule has 0 spiro atoms. The summed E-state index contributed by atoms with van der Waals surface area (Å²) in [7, 11) is -3.72. The summed E-state index contributed by atoms with van der Waals surface area (Å²) in [5.74, 6) is 0.331. The summed E-state index contributed by atoms with van der Waals surface area (Å²) in [6, 6.07) is 16.4. The fraction of sp³-hybridized carbons (Fsp3) is 0.105. The van der Waals surface area contributed by atoms with Gasteiger partial charge in [-0.15, -0.1) is 0 Å². The molecule has 0 unspecified atom stereocenters. The van der Waals surface area contributed by atoms with E-state index in [-0.39, 0.29) is 17.3 Å². The Bertz CT molecular complexity index is 994. The number of carbonyl (C=O) groups excluding carboxylic acids is 1. The number of carbonyl (C=O) groups is 1. The number of para-hydroxylation sites is 1. The van der Waals surface area contributed by atoms with Crippen molar-refractivity contribution >= 4 is 21.6 Å². The first kappa shape index (κ1) is 17.8. The monoisotopic (exact) mass is 370 g/mol. The zero-order valence-corrected chi connectivity index (χ0v) is 14.9. The average molecular weight is 370 g/mol. The van der Waals surface area contributed by atoms with Crippen molar-refractivity contribution < 1.29 is 17.6 Å². The van der Waals surface area contributed by atoms with Gasteiger partial charge in [-0.1, -0.05) is 18.2 Å². The topological polar surface area (TPSA) is 88.4 Å². The molecule has 0 fully saturated rings. The first-order chi connectivity index (χ1) is 12.5.